The first kappa shape index (κ1) is 25.5. The Morgan fingerprint density at radius 2 is 1.41 bits per heavy atom. The van der Waals surface area contributed by atoms with Crippen LogP contribution in [0.2, 0.25) is 0 Å². The molecule has 0 saturated carbocycles. The maximum absolute atomic E-state index is 12.4. The average Bonchev–Trinajstić information content (AvgIpc) is 2.82. The summed E-state index contributed by atoms with van der Waals surface area (Å²) in [5.74, 6) is 2.16. The Morgan fingerprint density at radius 1 is 0.844 bits per heavy atom. The van der Waals surface area contributed by atoms with Crippen molar-refractivity contribution in [2.24, 2.45) is 5.92 Å². The zero-order valence-corrected chi connectivity index (χ0v) is 19.7. The molecule has 4 heteroatoms. The van der Waals surface area contributed by atoms with Crippen molar-refractivity contribution in [3.63, 3.8) is 0 Å². The minimum atomic E-state index is -0.389. The Hall–Kier alpha value is -2.75. The van der Waals surface area contributed by atoms with E-state index in [9.17, 15) is 4.79 Å². The van der Waals surface area contributed by atoms with E-state index in [4.69, 9.17) is 14.2 Å². The van der Waals surface area contributed by atoms with Crippen LogP contribution >= 0.6 is 0 Å². The molecular weight excluding hydrogens is 400 g/mol. The van der Waals surface area contributed by atoms with Gasteiger partial charge >= 0.3 is 5.97 Å². The Morgan fingerprint density at radius 3 is 2.06 bits per heavy atom. The number of hydrogen-bond acceptors (Lipinski definition) is 4. The molecule has 0 bridgehead atoms. The summed E-state index contributed by atoms with van der Waals surface area (Å²) in [6.45, 7) is 9.42. The monoisotopic (exact) mass is 438 g/mol. The molecule has 0 amide bonds. The molecule has 2 aromatic rings. The largest absolute Gasteiger partial charge is 0.494 e. The molecular formula is C28H38O4. The van der Waals surface area contributed by atoms with E-state index < -0.39 is 0 Å². The zero-order valence-electron chi connectivity index (χ0n) is 19.7. The normalized spacial score (nSPS) is 11.6. The van der Waals surface area contributed by atoms with Crippen LogP contribution in [0.5, 0.6) is 17.2 Å². The highest BCUT2D eigenvalue weighted by atomic mass is 16.5. The zero-order chi connectivity index (χ0) is 23.0. The molecule has 0 aromatic heterocycles. The molecule has 4 nitrogen and oxygen atoms in total. The van der Waals surface area contributed by atoms with Gasteiger partial charge in [-0.05, 0) is 73.7 Å². The number of hydrogen-bond donors (Lipinski definition) is 0. The second kappa shape index (κ2) is 15.1. The van der Waals surface area contributed by atoms with Gasteiger partial charge in [-0.3, -0.25) is 0 Å². The highest BCUT2D eigenvalue weighted by Crippen LogP contribution is 2.20. The molecule has 0 spiro atoms. The van der Waals surface area contributed by atoms with Gasteiger partial charge in [0.25, 0.3) is 0 Å². The molecule has 1 unspecified atom stereocenters. The van der Waals surface area contributed by atoms with E-state index in [2.05, 4.69) is 20.4 Å². The third-order valence-corrected chi connectivity index (χ3v) is 5.43. The smallest absolute Gasteiger partial charge is 0.343 e. The number of carbonyl (C=O) groups is 1. The standard InChI is InChI=1S/C28H38O4/c1-4-6-7-8-9-10-11-12-21-30-25-17-19-27(20-18-25)32-28(29)24-13-15-26(16-14-24)31-22-23(3)5-2/h4,13-20,23H,1,5-12,21-22H2,2-3H3. The van der Waals surface area contributed by atoms with Gasteiger partial charge in [-0.2, -0.15) is 0 Å². The van der Waals surface area contributed by atoms with E-state index >= 15 is 0 Å². The van der Waals surface area contributed by atoms with Crippen molar-refractivity contribution in [3.8, 4) is 17.2 Å². The Bertz CT molecular complexity index is 780. The van der Waals surface area contributed by atoms with Crippen LogP contribution in [0.1, 0.15) is 75.6 Å². The van der Waals surface area contributed by atoms with Gasteiger partial charge in [0.2, 0.25) is 0 Å². The Labute approximate surface area is 193 Å². The molecule has 0 heterocycles. The average molecular weight is 439 g/mol. The molecule has 2 rings (SSSR count). The van der Waals surface area contributed by atoms with Crippen molar-refractivity contribution in [3.05, 3.63) is 66.7 Å². The molecule has 0 fully saturated rings. The number of carbonyl (C=O) groups excluding carboxylic acids is 1. The number of benzene rings is 2. The van der Waals surface area contributed by atoms with Gasteiger partial charge in [0, 0.05) is 0 Å². The molecule has 174 valence electrons. The maximum atomic E-state index is 12.4. The summed E-state index contributed by atoms with van der Waals surface area (Å²) in [7, 11) is 0. The Balaban J connectivity index is 1.67. The number of unbranched alkanes of at least 4 members (excludes halogenated alkanes) is 6. The lowest BCUT2D eigenvalue weighted by molar-refractivity contribution is 0.0734. The summed E-state index contributed by atoms with van der Waals surface area (Å²) in [5.41, 5.74) is 0.491. The minimum absolute atomic E-state index is 0.389. The third kappa shape index (κ3) is 10.0. The highest BCUT2D eigenvalue weighted by Gasteiger charge is 2.09. The van der Waals surface area contributed by atoms with Gasteiger partial charge in [-0.15, -0.1) is 6.58 Å². The van der Waals surface area contributed by atoms with Gasteiger partial charge in [0.1, 0.15) is 17.2 Å². The Kier molecular flexibility index (Phi) is 12.1. The van der Waals surface area contributed by atoms with E-state index in [-0.39, 0.29) is 5.97 Å². The summed E-state index contributed by atoms with van der Waals surface area (Å²) in [5, 5.41) is 0. The van der Waals surface area contributed by atoms with Gasteiger partial charge in [0.15, 0.2) is 0 Å². The van der Waals surface area contributed by atoms with Crippen LogP contribution in [-0.4, -0.2) is 19.2 Å². The summed E-state index contributed by atoms with van der Waals surface area (Å²) in [6, 6.07) is 14.3. The topological polar surface area (TPSA) is 44.8 Å². The van der Waals surface area contributed by atoms with E-state index in [0.29, 0.717) is 30.4 Å². The highest BCUT2D eigenvalue weighted by molar-refractivity contribution is 5.91. The number of ether oxygens (including phenoxy) is 3. The molecule has 32 heavy (non-hydrogen) atoms. The molecule has 1 atom stereocenters. The lowest BCUT2D eigenvalue weighted by atomic mass is 10.1. The van der Waals surface area contributed by atoms with Gasteiger partial charge in [-0.1, -0.05) is 52.0 Å². The number of esters is 1. The summed E-state index contributed by atoms with van der Waals surface area (Å²) >= 11 is 0. The molecule has 0 saturated heterocycles. The van der Waals surface area contributed by atoms with Crippen LogP contribution in [0.4, 0.5) is 0 Å². The maximum Gasteiger partial charge on any atom is 0.343 e. The van der Waals surface area contributed by atoms with Gasteiger partial charge in [0.05, 0.1) is 18.8 Å². The summed E-state index contributed by atoms with van der Waals surface area (Å²) < 4.78 is 17.0. The predicted molar refractivity (Wildman–Crippen MR) is 131 cm³/mol. The fourth-order valence-electron chi connectivity index (χ4n) is 3.10. The van der Waals surface area contributed by atoms with E-state index in [1.165, 1.54) is 32.1 Å². The van der Waals surface area contributed by atoms with Crippen molar-refractivity contribution in [1.82, 2.24) is 0 Å². The molecule has 0 aliphatic heterocycles. The number of allylic oxidation sites excluding steroid dienone is 1. The van der Waals surface area contributed by atoms with Gasteiger partial charge < -0.3 is 14.2 Å². The predicted octanol–water partition coefficient (Wildman–Crippen LogP) is 7.63. The van der Waals surface area contributed by atoms with Crippen LogP contribution in [0.3, 0.4) is 0 Å². The fourth-order valence-corrected chi connectivity index (χ4v) is 3.10. The van der Waals surface area contributed by atoms with Crippen molar-refractivity contribution in [2.45, 2.75) is 65.2 Å². The van der Waals surface area contributed by atoms with Crippen LogP contribution < -0.4 is 14.2 Å². The van der Waals surface area contributed by atoms with Crippen LogP contribution in [0, 0.1) is 5.92 Å². The quantitative estimate of drug-likeness (QED) is 0.117. The minimum Gasteiger partial charge on any atom is -0.494 e. The van der Waals surface area contributed by atoms with Crippen LogP contribution in [0.25, 0.3) is 0 Å². The number of rotatable bonds is 16. The van der Waals surface area contributed by atoms with E-state index in [1.54, 1.807) is 36.4 Å². The summed E-state index contributed by atoms with van der Waals surface area (Å²) in [6.07, 6.45) is 11.5. The SMILES string of the molecule is C=CCCCCCCCCOc1ccc(OC(=O)c2ccc(OCC(C)CC)cc2)cc1. The first-order valence-corrected chi connectivity index (χ1v) is 11.9. The van der Waals surface area contributed by atoms with E-state index in [1.807, 2.05) is 18.2 Å². The van der Waals surface area contributed by atoms with Crippen LogP contribution in [-0.2, 0) is 0 Å². The van der Waals surface area contributed by atoms with Crippen LogP contribution in [0.15, 0.2) is 61.2 Å². The fraction of sp³-hybridized carbons (Fsp3) is 0.464. The third-order valence-electron chi connectivity index (χ3n) is 5.43. The van der Waals surface area contributed by atoms with Crippen molar-refractivity contribution in [1.29, 1.82) is 0 Å². The second-order valence-electron chi connectivity index (χ2n) is 8.26. The van der Waals surface area contributed by atoms with Crippen molar-refractivity contribution >= 4 is 5.97 Å². The first-order valence-electron chi connectivity index (χ1n) is 11.9. The first-order chi connectivity index (χ1) is 15.6. The van der Waals surface area contributed by atoms with Crippen molar-refractivity contribution < 1.29 is 19.0 Å². The molecule has 0 radical (unpaired) electrons. The molecule has 2 aromatic carbocycles. The van der Waals surface area contributed by atoms with Crippen molar-refractivity contribution in [2.75, 3.05) is 13.2 Å². The molecule has 0 aliphatic rings. The lowest BCUT2D eigenvalue weighted by Crippen LogP contribution is -2.09. The lowest BCUT2D eigenvalue weighted by Gasteiger charge is -2.11. The van der Waals surface area contributed by atoms with E-state index in [0.717, 1.165) is 30.8 Å². The summed E-state index contributed by atoms with van der Waals surface area (Å²) in [4.78, 5) is 12.4. The molecule has 0 aliphatic carbocycles. The second-order valence-corrected chi connectivity index (χ2v) is 8.26. The van der Waals surface area contributed by atoms with Gasteiger partial charge in [-0.25, -0.2) is 4.79 Å². The molecule has 0 N–H and O–H groups in total.